The summed E-state index contributed by atoms with van der Waals surface area (Å²) >= 11 is 0. The Morgan fingerprint density at radius 3 is 3.05 bits per heavy atom. The highest BCUT2D eigenvalue weighted by Crippen LogP contribution is 2.30. The van der Waals surface area contributed by atoms with E-state index in [1.807, 2.05) is 24.5 Å². The van der Waals surface area contributed by atoms with Crippen molar-refractivity contribution in [3.8, 4) is 5.75 Å². The van der Waals surface area contributed by atoms with E-state index in [1.165, 1.54) is 0 Å². The molecule has 2 aliphatic heterocycles. The summed E-state index contributed by atoms with van der Waals surface area (Å²) < 4.78 is 19.2. The second-order valence-corrected chi connectivity index (χ2v) is 5.50. The fourth-order valence-corrected chi connectivity index (χ4v) is 3.08. The van der Waals surface area contributed by atoms with Gasteiger partial charge in [-0.25, -0.2) is 4.98 Å². The largest absolute Gasteiger partial charge is 0.485 e. The van der Waals surface area contributed by atoms with E-state index >= 15 is 0 Å². The van der Waals surface area contributed by atoms with E-state index < -0.39 is 6.10 Å². The van der Waals surface area contributed by atoms with Crippen molar-refractivity contribution in [2.45, 2.75) is 37.9 Å². The van der Waals surface area contributed by atoms with Crippen LogP contribution >= 0.6 is 0 Å². The molecule has 3 heterocycles. The minimum absolute atomic E-state index is 0.178. The number of aryl methyl sites for hydroxylation is 1. The van der Waals surface area contributed by atoms with Gasteiger partial charge in [-0.3, -0.25) is 0 Å². The molecule has 6 heteroatoms. The van der Waals surface area contributed by atoms with Gasteiger partial charge >= 0.3 is 0 Å². The molecule has 2 aliphatic rings. The smallest absolute Gasteiger partial charge is 0.151 e. The highest BCUT2D eigenvalue weighted by molar-refractivity contribution is 5.77. The fourth-order valence-electron chi connectivity index (χ4n) is 3.08. The van der Waals surface area contributed by atoms with E-state index in [2.05, 4.69) is 16.5 Å². The van der Waals surface area contributed by atoms with Crippen molar-refractivity contribution < 1.29 is 19.3 Å². The van der Waals surface area contributed by atoms with Crippen LogP contribution in [0.25, 0.3) is 11.0 Å². The fraction of sp³-hybridized carbons (Fsp3) is 0.533. The van der Waals surface area contributed by atoms with Gasteiger partial charge in [-0.1, -0.05) is 0 Å². The first-order valence-electron chi connectivity index (χ1n) is 7.29. The lowest BCUT2D eigenvalue weighted by Gasteiger charge is -2.18. The van der Waals surface area contributed by atoms with Gasteiger partial charge in [-0.2, -0.15) is 0 Å². The van der Waals surface area contributed by atoms with Crippen molar-refractivity contribution in [3.63, 3.8) is 0 Å². The van der Waals surface area contributed by atoms with Gasteiger partial charge in [-0.05, 0) is 19.1 Å². The second-order valence-electron chi connectivity index (χ2n) is 5.50. The van der Waals surface area contributed by atoms with E-state index in [1.54, 1.807) is 0 Å². The van der Waals surface area contributed by atoms with Crippen molar-refractivity contribution >= 4 is 11.0 Å². The zero-order chi connectivity index (χ0) is 14.4. The lowest BCUT2D eigenvalue weighted by Crippen LogP contribution is -2.34. The summed E-state index contributed by atoms with van der Waals surface area (Å²) in [6.07, 6.45) is 0.654. The van der Waals surface area contributed by atoms with Crippen LogP contribution in [0, 0.1) is 0 Å². The maximum Gasteiger partial charge on any atom is 0.151 e. The Morgan fingerprint density at radius 1 is 1.33 bits per heavy atom. The number of hydrogen-bond acceptors (Lipinski definition) is 5. The van der Waals surface area contributed by atoms with Gasteiger partial charge in [0.1, 0.15) is 24.1 Å². The van der Waals surface area contributed by atoms with Crippen LogP contribution in [0.3, 0.4) is 0 Å². The number of hydrogen-bond donors (Lipinski definition) is 1. The second kappa shape index (κ2) is 4.98. The third kappa shape index (κ3) is 2.10. The van der Waals surface area contributed by atoms with Gasteiger partial charge in [0.25, 0.3) is 0 Å². The summed E-state index contributed by atoms with van der Waals surface area (Å²) in [4.78, 5) is 4.35. The van der Waals surface area contributed by atoms with Crippen molar-refractivity contribution in [2.24, 2.45) is 0 Å². The highest BCUT2D eigenvalue weighted by Gasteiger charge is 2.48. The number of imidazole rings is 1. The first-order chi connectivity index (χ1) is 10.3. The van der Waals surface area contributed by atoms with Gasteiger partial charge < -0.3 is 23.9 Å². The predicted molar refractivity (Wildman–Crippen MR) is 75.3 cm³/mol. The number of ether oxygens (including phenoxy) is 3. The molecule has 4 atom stereocenters. The molecule has 1 aromatic heterocycles. The van der Waals surface area contributed by atoms with E-state index in [-0.39, 0.29) is 18.3 Å². The Bertz CT molecular complexity index is 656. The zero-order valence-corrected chi connectivity index (χ0v) is 11.8. The minimum atomic E-state index is -0.549. The highest BCUT2D eigenvalue weighted by atomic mass is 16.6. The van der Waals surface area contributed by atoms with Crippen LogP contribution in [-0.2, 0) is 16.0 Å². The lowest BCUT2D eigenvalue weighted by molar-refractivity contribution is 0.00865. The summed E-state index contributed by atoms with van der Waals surface area (Å²) in [5.41, 5.74) is 2.01. The lowest BCUT2D eigenvalue weighted by atomic mass is 10.1. The van der Waals surface area contributed by atoms with E-state index in [0.29, 0.717) is 13.2 Å². The summed E-state index contributed by atoms with van der Waals surface area (Å²) in [5.74, 6) is 0.775. The first kappa shape index (κ1) is 13.1. The van der Waals surface area contributed by atoms with Crippen LogP contribution in [0.15, 0.2) is 24.5 Å². The molecule has 2 saturated heterocycles. The molecular formula is C15H18N2O4. The standard InChI is InChI=1S/C15H18N2O4/c1-2-17-8-16-10-4-3-9(5-11(10)17)21-13-7-20-14-12(18)6-19-15(13)14/h3-5,8,12-15,18H,2,6-7H2,1H3/t12-,13-,14-,15-/m1/s1. The summed E-state index contributed by atoms with van der Waals surface area (Å²) in [6.45, 7) is 3.71. The molecule has 2 fully saturated rings. The molecular weight excluding hydrogens is 272 g/mol. The zero-order valence-electron chi connectivity index (χ0n) is 11.8. The maximum atomic E-state index is 9.75. The van der Waals surface area contributed by atoms with Gasteiger partial charge in [0, 0.05) is 12.6 Å². The van der Waals surface area contributed by atoms with Crippen LogP contribution in [0.1, 0.15) is 6.92 Å². The Morgan fingerprint density at radius 2 is 2.19 bits per heavy atom. The van der Waals surface area contributed by atoms with Gasteiger partial charge in [0.2, 0.25) is 0 Å². The number of benzene rings is 1. The summed E-state index contributed by atoms with van der Waals surface area (Å²) in [6, 6.07) is 5.85. The molecule has 0 aliphatic carbocycles. The molecule has 6 nitrogen and oxygen atoms in total. The van der Waals surface area contributed by atoms with E-state index in [0.717, 1.165) is 23.3 Å². The van der Waals surface area contributed by atoms with Crippen LogP contribution < -0.4 is 4.74 Å². The number of rotatable bonds is 3. The van der Waals surface area contributed by atoms with Crippen molar-refractivity contribution in [2.75, 3.05) is 13.2 Å². The minimum Gasteiger partial charge on any atom is -0.485 e. The molecule has 21 heavy (non-hydrogen) atoms. The quantitative estimate of drug-likeness (QED) is 0.912. The van der Waals surface area contributed by atoms with Crippen molar-refractivity contribution in [1.82, 2.24) is 9.55 Å². The van der Waals surface area contributed by atoms with Crippen LogP contribution in [-0.4, -0.2) is 52.3 Å². The molecule has 0 saturated carbocycles. The number of aromatic nitrogens is 2. The third-order valence-corrected chi connectivity index (χ3v) is 4.20. The Kier molecular flexibility index (Phi) is 3.10. The van der Waals surface area contributed by atoms with Crippen LogP contribution in [0.5, 0.6) is 5.75 Å². The van der Waals surface area contributed by atoms with E-state index in [4.69, 9.17) is 14.2 Å². The first-order valence-corrected chi connectivity index (χ1v) is 7.29. The Hall–Kier alpha value is -1.63. The average molecular weight is 290 g/mol. The van der Waals surface area contributed by atoms with Crippen molar-refractivity contribution in [3.05, 3.63) is 24.5 Å². The summed E-state index contributed by atoms with van der Waals surface area (Å²) in [5, 5.41) is 9.75. The topological polar surface area (TPSA) is 65.7 Å². The molecule has 0 amide bonds. The normalized spacial score (nSPS) is 31.7. The van der Waals surface area contributed by atoms with E-state index in [9.17, 15) is 5.11 Å². The molecule has 1 aromatic carbocycles. The summed E-state index contributed by atoms with van der Waals surface area (Å²) in [7, 11) is 0. The molecule has 0 spiro atoms. The SMILES string of the molecule is CCn1cnc2ccc(O[C@@H]3CO[C@H]4[C@@H]3OC[C@H]4O)cc21. The molecule has 4 rings (SSSR count). The maximum absolute atomic E-state index is 9.75. The number of aliphatic hydroxyl groups is 1. The predicted octanol–water partition coefficient (Wildman–Crippen LogP) is 0.962. The monoisotopic (exact) mass is 290 g/mol. The van der Waals surface area contributed by atoms with Gasteiger partial charge in [0.05, 0.1) is 30.6 Å². The Labute approximate surface area is 122 Å². The molecule has 0 radical (unpaired) electrons. The average Bonchev–Trinajstić information content (AvgIpc) is 3.17. The number of nitrogens with zero attached hydrogens (tertiary/aromatic N) is 2. The molecule has 1 N–H and O–H groups in total. The number of fused-ring (bicyclic) bond motifs is 2. The van der Waals surface area contributed by atoms with Crippen LogP contribution in [0.4, 0.5) is 0 Å². The third-order valence-electron chi connectivity index (χ3n) is 4.20. The molecule has 0 unspecified atom stereocenters. The molecule has 2 aromatic rings. The van der Waals surface area contributed by atoms with Crippen molar-refractivity contribution in [1.29, 1.82) is 0 Å². The Balaban J connectivity index is 1.57. The van der Waals surface area contributed by atoms with Gasteiger partial charge in [0.15, 0.2) is 6.10 Å². The molecule has 0 bridgehead atoms. The van der Waals surface area contributed by atoms with Crippen LogP contribution in [0.2, 0.25) is 0 Å². The van der Waals surface area contributed by atoms with Gasteiger partial charge in [-0.15, -0.1) is 0 Å². The molecule has 112 valence electrons. The number of aliphatic hydroxyl groups excluding tert-OH is 1.